The lowest BCUT2D eigenvalue weighted by Crippen LogP contribution is -2.18. The minimum Gasteiger partial charge on any atom is -0.493 e. The summed E-state index contributed by atoms with van der Waals surface area (Å²) in [6.07, 6.45) is -2.44. The van der Waals surface area contributed by atoms with Gasteiger partial charge in [0.15, 0.2) is 0 Å². The van der Waals surface area contributed by atoms with Crippen molar-refractivity contribution in [3.8, 4) is 5.75 Å². The van der Waals surface area contributed by atoms with E-state index in [1.807, 2.05) is 26.1 Å². The molecule has 2 aromatic carbocycles. The molecule has 0 atom stereocenters. The molecule has 3 rings (SSSR count). The number of rotatable bonds is 6. The van der Waals surface area contributed by atoms with Gasteiger partial charge in [-0.05, 0) is 31.2 Å². The van der Waals surface area contributed by atoms with Crippen molar-refractivity contribution >= 4 is 17.1 Å². The number of hydrogen-bond acceptors (Lipinski definition) is 4. The molecular formula is C18H21F2N3O. The number of nitrogens with one attached hydrogen (secondary N) is 2. The van der Waals surface area contributed by atoms with E-state index in [9.17, 15) is 8.78 Å². The van der Waals surface area contributed by atoms with Crippen LogP contribution in [0.15, 0.2) is 36.4 Å². The van der Waals surface area contributed by atoms with Gasteiger partial charge in [0.1, 0.15) is 5.75 Å². The average Bonchev–Trinajstić information content (AvgIpc) is 2.96. The standard InChI is InChI=1S/C18H21F2N3O/c1-3-24-16-9-8-15-17(23(2)11-22-15)14(16)10-21-13-6-4-12(5-7-13)18(19)20/h4-9,18,21-22H,3,10-11H2,1-2H3. The predicted octanol–water partition coefficient (Wildman–Crippen LogP) is 4.45. The first-order chi connectivity index (χ1) is 11.6. The first-order valence-electron chi connectivity index (χ1n) is 7.95. The van der Waals surface area contributed by atoms with Gasteiger partial charge in [0.25, 0.3) is 6.43 Å². The van der Waals surface area contributed by atoms with Gasteiger partial charge in [-0.25, -0.2) is 8.78 Å². The summed E-state index contributed by atoms with van der Waals surface area (Å²) in [5.74, 6) is 0.837. The van der Waals surface area contributed by atoms with Gasteiger partial charge in [0.2, 0.25) is 0 Å². The maximum absolute atomic E-state index is 12.6. The van der Waals surface area contributed by atoms with E-state index < -0.39 is 6.43 Å². The summed E-state index contributed by atoms with van der Waals surface area (Å²) >= 11 is 0. The number of hydrogen-bond donors (Lipinski definition) is 2. The minimum atomic E-state index is -2.44. The fourth-order valence-corrected chi connectivity index (χ4v) is 2.88. The Bertz CT molecular complexity index is 704. The summed E-state index contributed by atoms with van der Waals surface area (Å²) in [7, 11) is 2.02. The van der Waals surface area contributed by atoms with Crippen molar-refractivity contribution in [1.82, 2.24) is 0 Å². The first-order valence-corrected chi connectivity index (χ1v) is 7.95. The third kappa shape index (κ3) is 3.22. The number of alkyl halides is 2. The van der Waals surface area contributed by atoms with Crippen LogP contribution in [0.4, 0.5) is 25.8 Å². The van der Waals surface area contributed by atoms with Crippen LogP contribution in [0.25, 0.3) is 0 Å². The summed E-state index contributed by atoms with van der Waals surface area (Å²) in [5, 5.41) is 6.63. The molecular weight excluding hydrogens is 312 g/mol. The normalized spacial score (nSPS) is 13.0. The fourth-order valence-electron chi connectivity index (χ4n) is 2.88. The molecule has 1 aliphatic heterocycles. The van der Waals surface area contributed by atoms with Crippen LogP contribution in [0.2, 0.25) is 0 Å². The number of fused-ring (bicyclic) bond motifs is 1. The van der Waals surface area contributed by atoms with Crippen molar-refractivity contribution in [3.05, 3.63) is 47.5 Å². The number of halogens is 2. The first kappa shape index (κ1) is 16.4. The second-order valence-electron chi connectivity index (χ2n) is 5.68. The van der Waals surface area contributed by atoms with Gasteiger partial charge in [-0.2, -0.15) is 0 Å². The topological polar surface area (TPSA) is 36.5 Å². The zero-order valence-corrected chi connectivity index (χ0v) is 13.8. The molecule has 0 bridgehead atoms. The Morgan fingerprint density at radius 1 is 1.21 bits per heavy atom. The van der Waals surface area contributed by atoms with Crippen LogP contribution in [-0.4, -0.2) is 20.3 Å². The van der Waals surface area contributed by atoms with E-state index >= 15 is 0 Å². The van der Waals surface area contributed by atoms with Gasteiger partial charge in [0, 0.05) is 30.4 Å². The Balaban J connectivity index is 1.82. The second-order valence-corrected chi connectivity index (χ2v) is 5.68. The van der Waals surface area contributed by atoms with Gasteiger partial charge in [-0.1, -0.05) is 12.1 Å². The van der Waals surface area contributed by atoms with Crippen molar-refractivity contribution in [2.75, 3.05) is 35.9 Å². The molecule has 1 heterocycles. The summed E-state index contributed by atoms with van der Waals surface area (Å²) in [4.78, 5) is 2.13. The SMILES string of the molecule is CCOc1ccc2c(c1CNc1ccc(C(F)F)cc1)N(C)CN2. The Kier molecular flexibility index (Phi) is 4.74. The monoisotopic (exact) mass is 333 g/mol. The van der Waals surface area contributed by atoms with Crippen molar-refractivity contribution in [2.24, 2.45) is 0 Å². The van der Waals surface area contributed by atoms with Crippen LogP contribution >= 0.6 is 0 Å². The molecule has 0 saturated carbocycles. The zero-order valence-electron chi connectivity index (χ0n) is 13.8. The molecule has 0 fully saturated rings. The molecule has 0 radical (unpaired) electrons. The average molecular weight is 333 g/mol. The summed E-state index contributed by atoms with van der Waals surface area (Å²) in [6, 6.07) is 10.2. The molecule has 6 heteroatoms. The molecule has 0 unspecified atom stereocenters. The highest BCUT2D eigenvalue weighted by Gasteiger charge is 2.22. The van der Waals surface area contributed by atoms with Crippen LogP contribution < -0.4 is 20.3 Å². The van der Waals surface area contributed by atoms with Gasteiger partial charge in [-0.3, -0.25) is 0 Å². The summed E-state index contributed by atoms with van der Waals surface area (Å²) < 4.78 is 31.0. The van der Waals surface area contributed by atoms with Gasteiger partial charge < -0.3 is 20.3 Å². The lowest BCUT2D eigenvalue weighted by Gasteiger charge is -2.19. The fraction of sp³-hybridized carbons (Fsp3) is 0.333. The summed E-state index contributed by atoms with van der Waals surface area (Å²) in [6.45, 7) is 3.85. The molecule has 4 nitrogen and oxygen atoms in total. The van der Waals surface area contributed by atoms with Gasteiger partial charge >= 0.3 is 0 Å². The predicted molar refractivity (Wildman–Crippen MR) is 93.2 cm³/mol. The maximum Gasteiger partial charge on any atom is 0.263 e. The third-order valence-corrected chi connectivity index (χ3v) is 4.06. The van der Waals surface area contributed by atoms with Crippen molar-refractivity contribution in [3.63, 3.8) is 0 Å². The van der Waals surface area contributed by atoms with E-state index in [2.05, 4.69) is 15.5 Å². The molecule has 0 amide bonds. The lowest BCUT2D eigenvalue weighted by atomic mass is 10.1. The number of ether oxygens (including phenoxy) is 1. The second kappa shape index (κ2) is 6.95. The van der Waals surface area contributed by atoms with Crippen LogP contribution in [0.1, 0.15) is 24.5 Å². The number of anilines is 3. The maximum atomic E-state index is 12.6. The molecule has 0 aliphatic carbocycles. The molecule has 1 aliphatic rings. The number of nitrogens with zero attached hydrogens (tertiary/aromatic N) is 1. The molecule has 24 heavy (non-hydrogen) atoms. The van der Waals surface area contributed by atoms with E-state index in [4.69, 9.17) is 4.74 Å². The van der Waals surface area contributed by atoms with Crippen LogP contribution in [0.5, 0.6) is 5.75 Å². The highest BCUT2D eigenvalue weighted by Crippen LogP contribution is 2.39. The van der Waals surface area contributed by atoms with Crippen LogP contribution in [0.3, 0.4) is 0 Å². The molecule has 0 aromatic heterocycles. The van der Waals surface area contributed by atoms with Crippen LogP contribution in [-0.2, 0) is 6.54 Å². The highest BCUT2D eigenvalue weighted by molar-refractivity contribution is 5.80. The minimum absolute atomic E-state index is 0.0279. The van der Waals surface area contributed by atoms with E-state index in [-0.39, 0.29) is 5.56 Å². The Hall–Kier alpha value is -2.50. The lowest BCUT2D eigenvalue weighted by molar-refractivity contribution is 0.151. The molecule has 2 N–H and O–H groups in total. The van der Waals surface area contributed by atoms with E-state index in [0.717, 1.165) is 35.0 Å². The highest BCUT2D eigenvalue weighted by atomic mass is 19.3. The summed E-state index contributed by atoms with van der Waals surface area (Å²) in [5.41, 5.74) is 4.07. The van der Waals surface area contributed by atoms with E-state index in [0.29, 0.717) is 13.2 Å². The molecule has 128 valence electrons. The Morgan fingerprint density at radius 3 is 2.62 bits per heavy atom. The molecule has 2 aromatic rings. The Morgan fingerprint density at radius 2 is 1.96 bits per heavy atom. The largest absolute Gasteiger partial charge is 0.493 e. The number of benzene rings is 2. The van der Waals surface area contributed by atoms with E-state index in [1.54, 1.807) is 12.1 Å². The molecule has 0 spiro atoms. The molecule has 0 saturated heterocycles. The van der Waals surface area contributed by atoms with E-state index in [1.165, 1.54) is 12.1 Å². The van der Waals surface area contributed by atoms with Crippen molar-refractivity contribution in [1.29, 1.82) is 0 Å². The zero-order chi connectivity index (χ0) is 17.1. The third-order valence-electron chi connectivity index (χ3n) is 4.06. The van der Waals surface area contributed by atoms with Gasteiger partial charge in [0.05, 0.1) is 24.7 Å². The van der Waals surface area contributed by atoms with Crippen LogP contribution in [0, 0.1) is 0 Å². The van der Waals surface area contributed by atoms with Crippen molar-refractivity contribution < 1.29 is 13.5 Å². The smallest absolute Gasteiger partial charge is 0.263 e. The van der Waals surface area contributed by atoms with Gasteiger partial charge in [-0.15, -0.1) is 0 Å². The quantitative estimate of drug-likeness (QED) is 0.819. The Labute approximate surface area is 140 Å². The van der Waals surface area contributed by atoms with Crippen molar-refractivity contribution in [2.45, 2.75) is 19.9 Å².